The van der Waals surface area contributed by atoms with Gasteiger partial charge in [0.25, 0.3) is 5.91 Å². The van der Waals surface area contributed by atoms with Crippen LogP contribution in [-0.2, 0) is 4.79 Å². The summed E-state index contributed by atoms with van der Waals surface area (Å²) in [4.78, 5) is 35.5. The van der Waals surface area contributed by atoms with Crippen LogP contribution in [0.25, 0.3) is 11.0 Å². The molecule has 150 valence electrons. The number of hydrogen-bond acceptors (Lipinski definition) is 6. The molecule has 1 fully saturated rings. The summed E-state index contributed by atoms with van der Waals surface area (Å²) < 4.78 is 11.1. The second-order valence-electron chi connectivity index (χ2n) is 7.09. The van der Waals surface area contributed by atoms with Crippen LogP contribution in [0.15, 0.2) is 27.4 Å². The molecular formula is C20H23NO7. The average molecular weight is 389 g/mol. The number of nitrogens with one attached hydrogen (secondary N) is 1. The van der Waals surface area contributed by atoms with Gasteiger partial charge < -0.3 is 24.7 Å². The van der Waals surface area contributed by atoms with Crippen LogP contribution in [0.3, 0.4) is 0 Å². The van der Waals surface area contributed by atoms with Crippen molar-refractivity contribution in [3.05, 3.63) is 34.2 Å². The standard InChI is InChI=1S/C20H23NO7/c1-11(19(24)25)21-18(23)16-17(22)15-13(8-5-9-14(15)28-20(16)26)27-10-12-6-3-2-4-7-12/h5,8-9,11-12,22H,2-4,6-7,10H2,1H3,(H,21,23)(H,24,25)/t11-/m0/s1. The van der Waals surface area contributed by atoms with Gasteiger partial charge >= 0.3 is 11.6 Å². The van der Waals surface area contributed by atoms with E-state index in [-0.39, 0.29) is 11.0 Å². The number of fused-ring (bicyclic) bond motifs is 1. The van der Waals surface area contributed by atoms with Crippen molar-refractivity contribution in [3.8, 4) is 11.5 Å². The Morgan fingerprint density at radius 2 is 2.00 bits per heavy atom. The summed E-state index contributed by atoms with van der Waals surface area (Å²) in [5, 5.41) is 21.8. The number of carbonyl (C=O) groups is 2. The zero-order valence-corrected chi connectivity index (χ0v) is 15.6. The van der Waals surface area contributed by atoms with Gasteiger partial charge in [0.2, 0.25) is 0 Å². The second-order valence-corrected chi connectivity index (χ2v) is 7.09. The molecule has 1 atom stereocenters. The molecule has 8 nitrogen and oxygen atoms in total. The smallest absolute Gasteiger partial charge is 0.353 e. The molecule has 0 unspecified atom stereocenters. The lowest BCUT2D eigenvalue weighted by atomic mass is 9.90. The van der Waals surface area contributed by atoms with Gasteiger partial charge in [0, 0.05) is 0 Å². The van der Waals surface area contributed by atoms with Gasteiger partial charge in [0.15, 0.2) is 11.3 Å². The summed E-state index contributed by atoms with van der Waals surface area (Å²) in [6, 6.07) is 3.52. The van der Waals surface area contributed by atoms with E-state index in [0.717, 1.165) is 25.7 Å². The molecule has 0 bridgehead atoms. The van der Waals surface area contributed by atoms with Crippen molar-refractivity contribution < 1.29 is 29.0 Å². The summed E-state index contributed by atoms with van der Waals surface area (Å²) in [5.41, 5.74) is -1.61. The van der Waals surface area contributed by atoms with Gasteiger partial charge in [-0.05, 0) is 37.8 Å². The molecule has 2 aromatic rings. The lowest BCUT2D eigenvalue weighted by Gasteiger charge is -2.22. The van der Waals surface area contributed by atoms with E-state index in [0.29, 0.717) is 18.3 Å². The number of hydrogen-bond donors (Lipinski definition) is 3. The fraction of sp³-hybridized carbons (Fsp3) is 0.450. The molecule has 3 N–H and O–H groups in total. The molecule has 3 rings (SSSR count). The number of rotatable bonds is 6. The third kappa shape index (κ3) is 4.11. The number of amides is 1. The van der Waals surface area contributed by atoms with Gasteiger partial charge in [0.05, 0.1) is 6.61 Å². The number of aromatic hydroxyl groups is 1. The lowest BCUT2D eigenvalue weighted by Crippen LogP contribution is -2.40. The van der Waals surface area contributed by atoms with Gasteiger partial charge in [-0.15, -0.1) is 0 Å². The molecule has 1 aromatic heterocycles. The Bertz CT molecular complexity index is 943. The third-order valence-corrected chi connectivity index (χ3v) is 5.01. The first-order valence-electron chi connectivity index (χ1n) is 9.33. The van der Waals surface area contributed by atoms with Crippen LogP contribution in [0.5, 0.6) is 11.5 Å². The van der Waals surface area contributed by atoms with E-state index in [1.807, 2.05) is 0 Å². The fourth-order valence-electron chi connectivity index (χ4n) is 3.41. The van der Waals surface area contributed by atoms with Crippen molar-refractivity contribution in [2.24, 2.45) is 5.92 Å². The fourth-order valence-corrected chi connectivity index (χ4v) is 3.41. The van der Waals surface area contributed by atoms with Gasteiger partial charge in [-0.25, -0.2) is 4.79 Å². The lowest BCUT2D eigenvalue weighted by molar-refractivity contribution is -0.138. The predicted molar refractivity (Wildman–Crippen MR) is 101 cm³/mol. The SMILES string of the molecule is C[C@H](NC(=O)c1c(O)c2c(OCC3CCCCC3)cccc2oc1=O)C(=O)O. The Balaban J connectivity index is 1.94. The third-order valence-electron chi connectivity index (χ3n) is 5.01. The largest absolute Gasteiger partial charge is 0.506 e. The number of carboxylic acids is 1. The normalized spacial score (nSPS) is 15.9. The molecule has 1 saturated carbocycles. The summed E-state index contributed by atoms with van der Waals surface area (Å²) in [7, 11) is 0. The van der Waals surface area contributed by atoms with Crippen molar-refractivity contribution in [2.45, 2.75) is 45.1 Å². The molecule has 1 amide bonds. The second kappa shape index (κ2) is 8.33. The minimum Gasteiger partial charge on any atom is -0.506 e. The van der Waals surface area contributed by atoms with Crippen molar-refractivity contribution in [3.63, 3.8) is 0 Å². The average Bonchev–Trinajstić information content (AvgIpc) is 2.66. The molecular weight excluding hydrogens is 366 g/mol. The van der Waals surface area contributed by atoms with Gasteiger partial charge in [-0.3, -0.25) is 9.59 Å². The number of ether oxygens (including phenoxy) is 1. The maximum absolute atomic E-state index is 12.3. The van der Waals surface area contributed by atoms with E-state index < -0.39 is 34.9 Å². The van der Waals surface area contributed by atoms with Crippen LogP contribution >= 0.6 is 0 Å². The molecule has 0 spiro atoms. The first-order chi connectivity index (χ1) is 13.4. The minimum atomic E-state index is -1.27. The van der Waals surface area contributed by atoms with Crippen molar-refractivity contribution in [2.75, 3.05) is 6.61 Å². The highest BCUT2D eigenvalue weighted by atomic mass is 16.5. The quantitative estimate of drug-likeness (QED) is 0.648. The molecule has 8 heteroatoms. The summed E-state index contributed by atoms with van der Waals surface area (Å²) in [6.07, 6.45) is 5.70. The Hall–Kier alpha value is -3.03. The first kappa shape index (κ1) is 19.7. The Kier molecular flexibility index (Phi) is 5.87. The summed E-state index contributed by atoms with van der Waals surface area (Å²) >= 11 is 0. The minimum absolute atomic E-state index is 0.0893. The van der Waals surface area contributed by atoms with Crippen LogP contribution in [0, 0.1) is 5.92 Å². The Labute approximate surface area is 161 Å². The van der Waals surface area contributed by atoms with E-state index >= 15 is 0 Å². The van der Waals surface area contributed by atoms with Gasteiger partial charge in [-0.1, -0.05) is 25.3 Å². The van der Waals surface area contributed by atoms with Gasteiger partial charge in [-0.2, -0.15) is 0 Å². The van der Waals surface area contributed by atoms with Crippen LogP contribution in [0.4, 0.5) is 0 Å². The molecule has 0 radical (unpaired) electrons. The van der Waals surface area contributed by atoms with E-state index in [1.54, 1.807) is 12.1 Å². The maximum atomic E-state index is 12.3. The number of carbonyl (C=O) groups excluding carboxylic acids is 1. The molecule has 1 aliphatic carbocycles. The van der Waals surface area contributed by atoms with Crippen molar-refractivity contribution >= 4 is 22.8 Å². The molecule has 1 aromatic carbocycles. The molecule has 0 aliphatic heterocycles. The van der Waals surface area contributed by atoms with E-state index in [2.05, 4.69) is 5.32 Å². The molecule has 0 saturated heterocycles. The van der Waals surface area contributed by atoms with Crippen LogP contribution in [0.1, 0.15) is 49.4 Å². The van der Waals surface area contributed by atoms with E-state index in [9.17, 15) is 19.5 Å². The highest BCUT2D eigenvalue weighted by molar-refractivity contribution is 6.04. The van der Waals surface area contributed by atoms with Crippen LogP contribution < -0.4 is 15.7 Å². The predicted octanol–water partition coefficient (Wildman–Crippen LogP) is 2.66. The summed E-state index contributed by atoms with van der Waals surface area (Å²) in [6.45, 7) is 1.72. The zero-order chi connectivity index (χ0) is 20.3. The Morgan fingerprint density at radius 3 is 2.68 bits per heavy atom. The monoisotopic (exact) mass is 389 g/mol. The van der Waals surface area contributed by atoms with E-state index in [1.165, 1.54) is 19.4 Å². The van der Waals surface area contributed by atoms with Crippen molar-refractivity contribution in [1.82, 2.24) is 5.32 Å². The van der Waals surface area contributed by atoms with Crippen LogP contribution in [-0.4, -0.2) is 34.7 Å². The molecule has 28 heavy (non-hydrogen) atoms. The van der Waals surface area contributed by atoms with E-state index in [4.69, 9.17) is 14.3 Å². The molecule has 1 heterocycles. The maximum Gasteiger partial charge on any atom is 0.353 e. The van der Waals surface area contributed by atoms with Crippen molar-refractivity contribution in [1.29, 1.82) is 0 Å². The topological polar surface area (TPSA) is 126 Å². The number of aliphatic carboxylic acids is 1. The molecule has 1 aliphatic rings. The highest BCUT2D eigenvalue weighted by Crippen LogP contribution is 2.35. The summed E-state index contributed by atoms with van der Waals surface area (Å²) in [5.74, 6) is -2.15. The first-order valence-corrected chi connectivity index (χ1v) is 9.33. The van der Waals surface area contributed by atoms with Crippen LogP contribution in [0.2, 0.25) is 0 Å². The number of benzene rings is 1. The highest BCUT2D eigenvalue weighted by Gasteiger charge is 2.26. The Morgan fingerprint density at radius 1 is 1.29 bits per heavy atom. The number of carboxylic acid groups (broad SMARTS) is 1. The zero-order valence-electron chi connectivity index (χ0n) is 15.6. The van der Waals surface area contributed by atoms with Gasteiger partial charge in [0.1, 0.15) is 22.8 Å².